The zero-order valence-electron chi connectivity index (χ0n) is 12.2. The van der Waals surface area contributed by atoms with Gasteiger partial charge in [-0.05, 0) is 44.2 Å². The molecule has 1 amide bonds. The van der Waals surface area contributed by atoms with E-state index in [4.69, 9.17) is 11.6 Å². The molecule has 110 valence electrons. The molecule has 0 aliphatic heterocycles. The number of anilines is 1. The molecular formula is C17H14ClN3O. The molecule has 5 heteroatoms. The number of hydrogen-bond donors (Lipinski definition) is 1. The molecule has 1 N–H and O–H groups in total. The summed E-state index contributed by atoms with van der Waals surface area (Å²) in [5.74, 6) is 0.251. The predicted octanol–water partition coefficient (Wildman–Crippen LogP) is 4.15. The van der Waals surface area contributed by atoms with Gasteiger partial charge in [0.05, 0.1) is 16.1 Å². The smallest absolute Gasteiger partial charge is 0.257 e. The summed E-state index contributed by atoms with van der Waals surface area (Å²) >= 11 is 5.80. The predicted molar refractivity (Wildman–Crippen MR) is 88.4 cm³/mol. The van der Waals surface area contributed by atoms with E-state index in [9.17, 15) is 4.79 Å². The van der Waals surface area contributed by atoms with Gasteiger partial charge in [-0.25, -0.2) is 4.98 Å². The summed E-state index contributed by atoms with van der Waals surface area (Å²) in [6.07, 6.45) is 1.50. The van der Waals surface area contributed by atoms with E-state index >= 15 is 0 Å². The second-order valence-corrected chi connectivity index (χ2v) is 5.58. The topological polar surface area (TPSA) is 54.9 Å². The SMILES string of the molecule is Cc1ccc2nc(C)cc(C(=O)Nc3ccc(Cl)cn3)c2c1. The number of nitrogens with one attached hydrogen (secondary N) is 1. The Bertz CT molecular complexity index is 860. The number of amides is 1. The number of aromatic nitrogens is 2. The van der Waals surface area contributed by atoms with E-state index in [1.54, 1.807) is 18.2 Å². The molecule has 3 aromatic rings. The van der Waals surface area contributed by atoms with E-state index in [1.807, 2.05) is 32.0 Å². The maximum atomic E-state index is 12.6. The van der Waals surface area contributed by atoms with Crippen LogP contribution >= 0.6 is 11.6 Å². The van der Waals surface area contributed by atoms with Gasteiger partial charge >= 0.3 is 0 Å². The van der Waals surface area contributed by atoms with Crippen LogP contribution in [0.15, 0.2) is 42.6 Å². The normalized spacial score (nSPS) is 10.7. The minimum atomic E-state index is -0.212. The van der Waals surface area contributed by atoms with Crippen LogP contribution in [0.2, 0.25) is 5.02 Å². The number of nitrogens with zero attached hydrogens (tertiary/aromatic N) is 2. The molecule has 0 saturated heterocycles. The van der Waals surface area contributed by atoms with Crippen molar-refractivity contribution in [1.82, 2.24) is 9.97 Å². The van der Waals surface area contributed by atoms with Gasteiger partial charge in [0.1, 0.15) is 5.82 Å². The van der Waals surface area contributed by atoms with Crippen LogP contribution in [0.4, 0.5) is 5.82 Å². The summed E-state index contributed by atoms with van der Waals surface area (Å²) in [5, 5.41) is 4.15. The van der Waals surface area contributed by atoms with Crippen LogP contribution in [-0.4, -0.2) is 15.9 Å². The fourth-order valence-corrected chi connectivity index (χ4v) is 2.41. The number of aryl methyl sites for hydroxylation is 2. The molecule has 0 atom stereocenters. The van der Waals surface area contributed by atoms with Gasteiger partial charge in [0.2, 0.25) is 0 Å². The van der Waals surface area contributed by atoms with Crippen LogP contribution in [0.5, 0.6) is 0 Å². The third kappa shape index (κ3) is 2.92. The van der Waals surface area contributed by atoms with Gasteiger partial charge in [0.15, 0.2) is 0 Å². The van der Waals surface area contributed by atoms with Crippen LogP contribution < -0.4 is 5.32 Å². The van der Waals surface area contributed by atoms with Crippen molar-refractivity contribution < 1.29 is 4.79 Å². The van der Waals surface area contributed by atoms with Gasteiger partial charge in [-0.2, -0.15) is 0 Å². The zero-order valence-corrected chi connectivity index (χ0v) is 13.0. The number of halogens is 1. The maximum Gasteiger partial charge on any atom is 0.257 e. The molecule has 0 aliphatic carbocycles. The molecule has 0 fully saturated rings. The Morgan fingerprint density at radius 2 is 1.95 bits per heavy atom. The first kappa shape index (κ1) is 14.5. The molecule has 4 nitrogen and oxygen atoms in total. The number of rotatable bonds is 2. The highest BCUT2D eigenvalue weighted by molar-refractivity contribution is 6.30. The number of benzene rings is 1. The zero-order chi connectivity index (χ0) is 15.7. The summed E-state index contributed by atoms with van der Waals surface area (Å²) in [7, 11) is 0. The molecule has 1 aromatic carbocycles. The molecule has 0 spiro atoms. The Morgan fingerprint density at radius 1 is 1.14 bits per heavy atom. The minimum Gasteiger partial charge on any atom is -0.307 e. The molecule has 0 unspecified atom stereocenters. The molecule has 0 radical (unpaired) electrons. The summed E-state index contributed by atoms with van der Waals surface area (Å²) in [5.41, 5.74) is 3.27. The van der Waals surface area contributed by atoms with Gasteiger partial charge in [0, 0.05) is 17.3 Å². The monoisotopic (exact) mass is 311 g/mol. The van der Waals surface area contributed by atoms with Gasteiger partial charge in [-0.1, -0.05) is 23.2 Å². The lowest BCUT2D eigenvalue weighted by molar-refractivity contribution is 0.102. The van der Waals surface area contributed by atoms with Gasteiger partial charge in [-0.3, -0.25) is 9.78 Å². The van der Waals surface area contributed by atoms with E-state index in [0.717, 1.165) is 22.2 Å². The molecule has 2 heterocycles. The van der Waals surface area contributed by atoms with Crippen LogP contribution in [0.3, 0.4) is 0 Å². The molecular weight excluding hydrogens is 298 g/mol. The lowest BCUT2D eigenvalue weighted by atomic mass is 10.0. The fraction of sp³-hybridized carbons (Fsp3) is 0.118. The fourth-order valence-electron chi connectivity index (χ4n) is 2.29. The summed E-state index contributed by atoms with van der Waals surface area (Å²) < 4.78 is 0. The quantitative estimate of drug-likeness (QED) is 0.773. The van der Waals surface area contributed by atoms with E-state index < -0.39 is 0 Å². The van der Waals surface area contributed by atoms with Crippen molar-refractivity contribution in [3.63, 3.8) is 0 Å². The third-order valence-electron chi connectivity index (χ3n) is 3.31. The first-order chi connectivity index (χ1) is 10.5. The number of carbonyl (C=O) groups is 1. The van der Waals surface area contributed by atoms with Crippen molar-refractivity contribution in [3.05, 3.63) is 64.4 Å². The second kappa shape index (κ2) is 5.73. The molecule has 0 bridgehead atoms. The van der Waals surface area contributed by atoms with Crippen molar-refractivity contribution >= 4 is 34.2 Å². The Morgan fingerprint density at radius 3 is 2.68 bits per heavy atom. The van der Waals surface area contributed by atoms with E-state index in [1.165, 1.54) is 6.20 Å². The van der Waals surface area contributed by atoms with E-state index in [2.05, 4.69) is 15.3 Å². The Balaban J connectivity index is 2.03. The van der Waals surface area contributed by atoms with Crippen LogP contribution in [-0.2, 0) is 0 Å². The third-order valence-corrected chi connectivity index (χ3v) is 3.53. The molecule has 0 saturated carbocycles. The second-order valence-electron chi connectivity index (χ2n) is 5.15. The van der Waals surface area contributed by atoms with Gasteiger partial charge in [0.25, 0.3) is 5.91 Å². The minimum absolute atomic E-state index is 0.212. The number of fused-ring (bicyclic) bond motifs is 1. The van der Waals surface area contributed by atoms with Gasteiger partial charge in [-0.15, -0.1) is 0 Å². The number of pyridine rings is 2. The highest BCUT2D eigenvalue weighted by Gasteiger charge is 2.13. The maximum absolute atomic E-state index is 12.6. The molecule has 2 aromatic heterocycles. The summed E-state index contributed by atoms with van der Waals surface area (Å²) in [6.45, 7) is 3.86. The lowest BCUT2D eigenvalue weighted by Crippen LogP contribution is -2.14. The average molecular weight is 312 g/mol. The van der Waals surface area contributed by atoms with Crippen LogP contribution in [0, 0.1) is 13.8 Å². The lowest BCUT2D eigenvalue weighted by Gasteiger charge is -2.09. The Labute approximate surface area is 133 Å². The number of hydrogen-bond acceptors (Lipinski definition) is 3. The van der Waals surface area contributed by atoms with Crippen LogP contribution in [0.25, 0.3) is 10.9 Å². The summed E-state index contributed by atoms with van der Waals surface area (Å²) in [4.78, 5) is 21.1. The van der Waals surface area contributed by atoms with Crippen molar-refractivity contribution in [2.24, 2.45) is 0 Å². The first-order valence-corrected chi connectivity index (χ1v) is 7.21. The van der Waals surface area contributed by atoms with Gasteiger partial charge < -0.3 is 5.32 Å². The molecule has 3 rings (SSSR count). The van der Waals surface area contributed by atoms with E-state index in [0.29, 0.717) is 16.4 Å². The van der Waals surface area contributed by atoms with Crippen molar-refractivity contribution in [2.45, 2.75) is 13.8 Å². The van der Waals surface area contributed by atoms with E-state index in [-0.39, 0.29) is 5.91 Å². The largest absolute Gasteiger partial charge is 0.307 e. The van der Waals surface area contributed by atoms with Crippen molar-refractivity contribution in [3.8, 4) is 0 Å². The Hall–Kier alpha value is -2.46. The highest BCUT2D eigenvalue weighted by atomic mass is 35.5. The standard InChI is InChI=1S/C17H14ClN3O/c1-10-3-5-15-13(7-10)14(8-11(2)20-15)17(22)21-16-6-4-12(18)9-19-16/h3-9H,1-2H3,(H,19,21,22). The number of carbonyl (C=O) groups excluding carboxylic acids is 1. The van der Waals surface area contributed by atoms with Crippen LogP contribution in [0.1, 0.15) is 21.6 Å². The summed E-state index contributed by atoms with van der Waals surface area (Å²) in [6, 6.07) is 11.0. The first-order valence-electron chi connectivity index (χ1n) is 6.84. The highest BCUT2D eigenvalue weighted by Crippen LogP contribution is 2.21. The average Bonchev–Trinajstić information content (AvgIpc) is 2.49. The Kier molecular flexibility index (Phi) is 3.77. The van der Waals surface area contributed by atoms with Crippen molar-refractivity contribution in [1.29, 1.82) is 0 Å². The van der Waals surface area contributed by atoms with Crippen molar-refractivity contribution in [2.75, 3.05) is 5.32 Å². The molecule has 0 aliphatic rings. The molecule has 22 heavy (non-hydrogen) atoms.